The van der Waals surface area contributed by atoms with Crippen LogP contribution in [0.25, 0.3) is 0 Å². The van der Waals surface area contributed by atoms with Crippen molar-refractivity contribution in [2.24, 2.45) is 5.92 Å². The smallest absolute Gasteiger partial charge is 0.326 e. The average molecular weight is 296 g/mol. The van der Waals surface area contributed by atoms with Gasteiger partial charge in [0.1, 0.15) is 11.6 Å². The maximum atomic E-state index is 12.8. The molecule has 1 aliphatic rings. The van der Waals surface area contributed by atoms with Gasteiger partial charge in [-0.15, -0.1) is 6.58 Å². The van der Waals surface area contributed by atoms with Crippen LogP contribution >= 0.6 is 0 Å². The van der Waals surface area contributed by atoms with Crippen LogP contribution in [-0.4, -0.2) is 45.9 Å². The van der Waals surface area contributed by atoms with Gasteiger partial charge in [0.15, 0.2) is 0 Å². The first-order valence-electron chi connectivity index (χ1n) is 7.23. The molecule has 1 fully saturated rings. The molecule has 1 saturated heterocycles. The Hall–Kier alpha value is -1.85. The van der Waals surface area contributed by atoms with Crippen LogP contribution in [0.5, 0.6) is 0 Å². The third-order valence-corrected chi connectivity index (χ3v) is 4.29. The Morgan fingerprint density at radius 2 is 2.19 bits per heavy atom. The van der Waals surface area contributed by atoms with E-state index in [2.05, 4.69) is 11.9 Å². The van der Waals surface area contributed by atoms with Crippen LogP contribution < -0.4 is 5.32 Å². The normalized spacial score (nSPS) is 24.5. The van der Waals surface area contributed by atoms with Crippen molar-refractivity contribution in [2.45, 2.75) is 51.6 Å². The summed E-state index contributed by atoms with van der Waals surface area (Å²) >= 11 is 0. The lowest BCUT2D eigenvalue weighted by molar-refractivity contribution is -0.150. The first-order valence-corrected chi connectivity index (χ1v) is 7.23. The molecule has 21 heavy (non-hydrogen) atoms. The van der Waals surface area contributed by atoms with Crippen LogP contribution in [0.2, 0.25) is 0 Å². The fourth-order valence-corrected chi connectivity index (χ4v) is 2.94. The lowest BCUT2D eigenvalue weighted by Gasteiger charge is -2.35. The molecule has 0 aromatic heterocycles. The number of hydrogen-bond donors (Lipinski definition) is 2. The molecule has 0 saturated carbocycles. The van der Waals surface area contributed by atoms with Crippen molar-refractivity contribution in [3.8, 4) is 0 Å². The predicted octanol–water partition coefficient (Wildman–Crippen LogP) is 1.17. The Balaban J connectivity index is 3.11. The van der Waals surface area contributed by atoms with Crippen LogP contribution in [-0.2, 0) is 14.4 Å². The Kier molecular flexibility index (Phi) is 5.52. The maximum absolute atomic E-state index is 12.8. The molecular formula is C15H24N2O4. The van der Waals surface area contributed by atoms with E-state index in [-0.39, 0.29) is 24.2 Å². The first-order chi connectivity index (χ1) is 9.80. The summed E-state index contributed by atoms with van der Waals surface area (Å²) in [6.07, 6.45) is 2.84. The van der Waals surface area contributed by atoms with Gasteiger partial charge in [-0.3, -0.25) is 9.59 Å². The number of aliphatic carboxylic acids is 1. The molecule has 1 rings (SSSR count). The van der Waals surface area contributed by atoms with Gasteiger partial charge in [0.2, 0.25) is 11.8 Å². The highest BCUT2D eigenvalue weighted by Gasteiger charge is 2.52. The van der Waals surface area contributed by atoms with Gasteiger partial charge in [0.25, 0.3) is 0 Å². The summed E-state index contributed by atoms with van der Waals surface area (Å²) in [5.41, 5.74) is -0.991. The number of likely N-dealkylation sites (tertiary alicyclic amines) is 1. The maximum Gasteiger partial charge on any atom is 0.326 e. The second-order valence-corrected chi connectivity index (χ2v) is 5.59. The van der Waals surface area contributed by atoms with E-state index in [0.717, 1.165) is 6.42 Å². The van der Waals surface area contributed by atoms with Crippen molar-refractivity contribution < 1.29 is 19.5 Å². The quantitative estimate of drug-likeness (QED) is 0.690. The van der Waals surface area contributed by atoms with Crippen LogP contribution in [0.4, 0.5) is 0 Å². The molecule has 2 N–H and O–H groups in total. The minimum atomic E-state index is -1.05. The van der Waals surface area contributed by atoms with E-state index >= 15 is 0 Å². The molecule has 0 unspecified atom stereocenters. The number of hydrogen-bond acceptors (Lipinski definition) is 3. The van der Waals surface area contributed by atoms with Crippen molar-refractivity contribution in [1.82, 2.24) is 10.2 Å². The van der Waals surface area contributed by atoms with Gasteiger partial charge in [-0.25, -0.2) is 4.79 Å². The van der Waals surface area contributed by atoms with Crippen LogP contribution in [0.3, 0.4) is 0 Å². The van der Waals surface area contributed by atoms with Gasteiger partial charge in [0.05, 0.1) is 0 Å². The summed E-state index contributed by atoms with van der Waals surface area (Å²) in [5, 5.41) is 12.1. The standard InChI is InChI=1S/C15H24N2O4/c1-5-7-12(13(19)20)17-9-8-15(14(17)21,10(3)6-2)16-11(4)18/h5,10,12H,1,6-9H2,2-4H3,(H,16,18)(H,19,20)/t10-,12-,15-/m0/s1. The lowest BCUT2D eigenvalue weighted by Crippen LogP contribution is -2.59. The zero-order valence-corrected chi connectivity index (χ0v) is 12.9. The van der Waals surface area contributed by atoms with Crippen molar-refractivity contribution in [3.05, 3.63) is 12.7 Å². The number of nitrogens with one attached hydrogen (secondary N) is 1. The van der Waals surface area contributed by atoms with Gasteiger partial charge >= 0.3 is 5.97 Å². The fraction of sp³-hybridized carbons (Fsp3) is 0.667. The van der Waals surface area contributed by atoms with E-state index in [1.807, 2.05) is 13.8 Å². The van der Waals surface area contributed by atoms with Crippen LogP contribution in [0, 0.1) is 5.92 Å². The molecular weight excluding hydrogens is 272 g/mol. The topological polar surface area (TPSA) is 86.7 Å². The van der Waals surface area contributed by atoms with Gasteiger partial charge < -0.3 is 15.3 Å². The lowest BCUT2D eigenvalue weighted by atomic mass is 9.81. The highest BCUT2D eigenvalue weighted by molar-refractivity contribution is 5.95. The molecule has 0 radical (unpaired) electrons. The molecule has 118 valence electrons. The third kappa shape index (κ3) is 3.25. The molecule has 2 amide bonds. The molecule has 0 aromatic rings. The number of rotatable bonds is 7. The van der Waals surface area contributed by atoms with Crippen LogP contribution in [0.1, 0.15) is 40.0 Å². The van der Waals surface area contributed by atoms with E-state index in [0.29, 0.717) is 13.0 Å². The van der Waals surface area contributed by atoms with Crippen molar-refractivity contribution >= 4 is 17.8 Å². The van der Waals surface area contributed by atoms with Crippen molar-refractivity contribution in [1.29, 1.82) is 0 Å². The molecule has 6 nitrogen and oxygen atoms in total. The molecule has 0 aliphatic carbocycles. The Bertz CT molecular complexity index is 449. The minimum Gasteiger partial charge on any atom is -0.480 e. The largest absolute Gasteiger partial charge is 0.480 e. The van der Waals surface area contributed by atoms with Crippen LogP contribution in [0.15, 0.2) is 12.7 Å². The summed E-state index contributed by atoms with van der Waals surface area (Å²) in [4.78, 5) is 37.0. The number of carboxylic acid groups (broad SMARTS) is 1. The summed E-state index contributed by atoms with van der Waals surface area (Å²) < 4.78 is 0. The second kappa shape index (κ2) is 6.74. The highest BCUT2D eigenvalue weighted by Crippen LogP contribution is 2.34. The predicted molar refractivity (Wildman–Crippen MR) is 78.6 cm³/mol. The molecule has 3 atom stereocenters. The van der Waals surface area contributed by atoms with E-state index in [1.165, 1.54) is 17.9 Å². The molecule has 1 heterocycles. The molecule has 0 spiro atoms. The number of carboxylic acids is 1. The van der Waals surface area contributed by atoms with E-state index < -0.39 is 17.6 Å². The molecule has 0 aromatic carbocycles. The molecule has 0 bridgehead atoms. The fourth-order valence-electron chi connectivity index (χ4n) is 2.94. The minimum absolute atomic E-state index is 0.0583. The van der Waals surface area contributed by atoms with Crippen molar-refractivity contribution in [3.63, 3.8) is 0 Å². The number of carbonyl (C=O) groups is 3. The monoisotopic (exact) mass is 296 g/mol. The summed E-state index contributed by atoms with van der Waals surface area (Å²) in [6, 6.07) is -0.922. The van der Waals surface area contributed by atoms with Gasteiger partial charge in [-0.2, -0.15) is 0 Å². The zero-order valence-electron chi connectivity index (χ0n) is 12.9. The summed E-state index contributed by atoms with van der Waals surface area (Å²) in [5.74, 6) is -1.69. The third-order valence-electron chi connectivity index (χ3n) is 4.29. The van der Waals surface area contributed by atoms with Gasteiger partial charge in [0, 0.05) is 13.5 Å². The van der Waals surface area contributed by atoms with Crippen molar-refractivity contribution in [2.75, 3.05) is 6.54 Å². The number of nitrogens with zero attached hydrogens (tertiary/aromatic N) is 1. The second-order valence-electron chi connectivity index (χ2n) is 5.59. The summed E-state index contributed by atoms with van der Waals surface area (Å²) in [7, 11) is 0. The highest BCUT2D eigenvalue weighted by atomic mass is 16.4. The van der Waals surface area contributed by atoms with Gasteiger partial charge in [-0.05, 0) is 18.8 Å². The average Bonchev–Trinajstić information content (AvgIpc) is 2.72. The Labute approximate surface area is 125 Å². The zero-order chi connectivity index (χ0) is 16.2. The van der Waals surface area contributed by atoms with E-state index in [1.54, 1.807) is 0 Å². The Morgan fingerprint density at radius 1 is 1.57 bits per heavy atom. The molecule has 6 heteroatoms. The number of amides is 2. The SMILES string of the molecule is C=CC[C@@H](C(=O)O)N1CC[C@](NC(C)=O)([C@@H](C)CC)C1=O. The summed E-state index contributed by atoms with van der Waals surface area (Å²) in [6.45, 7) is 9.10. The Morgan fingerprint density at radius 3 is 2.62 bits per heavy atom. The van der Waals surface area contributed by atoms with Gasteiger partial charge in [-0.1, -0.05) is 26.3 Å². The van der Waals surface area contributed by atoms with E-state index in [4.69, 9.17) is 0 Å². The molecule has 1 aliphatic heterocycles. The van der Waals surface area contributed by atoms with E-state index in [9.17, 15) is 19.5 Å². The number of carbonyl (C=O) groups excluding carboxylic acids is 2. The first kappa shape index (κ1) is 17.2.